The number of carbonyl (C=O) groups is 1. The fourth-order valence-corrected chi connectivity index (χ4v) is 5.46. The van der Waals surface area contributed by atoms with Crippen LogP contribution < -0.4 is 9.64 Å². The van der Waals surface area contributed by atoms with Crippen molar-refractivity contribution in [1.82, 2.24) is 14.8 Å². The van der Waals surface area contributed by atoms with Crippen LogP contribution in [0, 0.1) is 5.92 Å². The van der Waals surface area contributed by atoms with Crippen LogP contribution in [0.15, 0.2) is 24.4 Å². The van der Waals surface area contributed by atoms with E-state index in [0.29, 0.717) is 24.7 Å². The van der Waals surface area contributed by atoms with Crippen LogP contribution in [0.1, 0.15) is 37.0 Å². The van der Waals surface area contributed by atoms with E-state index < -0.39 is 5.79 Å². The number of amides is 1. The van der Waals surface area contributed by atoms with Gasteiger partial charge in [0, 0.05) is 70.2 Å². The van der Waals surface area contributed by atoms with Crippen LogP contribution >= 0.6 is 0 Å². The summed E-state index contributed by atoms with van der Waals surface area (Å²) in [5, 5.41) is 0.952. The maximum Gasteiger partial charge on any atom is 0.257 e. The third-order valence-corrected chi connectivity index (χ3v) is 7.21. The maximum atomic E-state index is 13.8. The quantitative estimate of drug-likeness (QED) is 0.668. The highest BCUT2D eigenvalue weighted by atomic mass is 16.7. The van der Waals surface area contributed by atoms with Crippen molar-refractivity contribution in [2.75, 3.05) is 71.0 Å². The van der Waals surface area contributed by atoms with Crippen LogP contribution in [0.2, 0.25) is 0 Å². The van der Waals surface area contributed by atoms with Gasteiger partial charge in [0.15, 0.2) is 5.79 Å². The van der Waals surface area contributed by atoms with Crippen LogP contribution in [0.25, 0.3) is 10.9 Å². The molecule has 3 aliphatic rings. The first kappa shape index (κ1) is 23.3. The van der Waals surface area contributed by atoms with E-state index in [1.54, 1.807) is 13.3 Å². The Hall–Kier alpha value is -2.42. The first-order valence-electron chi connectivity index (χ1n) is 12.5. The van der Waals surface area contributed by atoms with Gasteiger partial charge in [0.2, 0.25) is 0 Å². The van der Waals surface area contributed by atoms with Crippen LogP contribution in [0.4, 0.5) is 5.69 Å². The lowest BCUT2D eigenvalue weighted by Gasteiger charge is -2.40. The second-order valence-electron chi connectivity index (χ2n) is 9.98. The molecule has 8 heteroatoms. The molecule has 5 rings (SSSR count). The van der Waals surface area contributed by atoms with Gasteiger partial charge in [0.1, 0.15) is 5.75 Å². The Labute approximate surface area is 201 Å². The number of piperazine rings is 1. The average Bonchev–Trinajstić information content (AvgIpc) is 3.31. The Morgan fingerprint density at radius 1 is 1.09 bits per heavy atom. The van der Waals surface area contributed by atoms with E-state index in [-0.39, 0.29) is 5.91 Å². The molecule has 34 heavy (non-hydrogen) atoms. The monoisotopic (exact) mass is 468 g/mol. The topological polar surface area (TPSA) is 67.4 Å². The summed E-state index contributed by atoms with van der Waals surface area (Å²) in [5.74, 6) is 0.987. The number of ether oxygens (including phenoxy) is 3. The number of hydrogen-bond donors (Lipinski definition) is 0. The van der Waals surface area contributed by atoms with E-state index >= 15 is 0 Å². The Morgan fingerprint density at radius 3 is 2.44 bits per heavy atom. The molecular formula is C26H36N4O4. The van der Waals surface area contributed by atoms with Gasteiger partial charge in [-0.05, 0) is 24.1 Å². The highest BCUT2D eigenvalue weighted by Gasteiger charge is 2.41. The molecule has 2 aromatic rings. The number of methoxy groups -OCH3 is 1. The van der Waals surface area contributed by atoms with E-state index in [1.165, 1.54) is 0 Å². The Kier molecular flexibility index (Phi) is 6.64. The van der Waals surface area contributed by atoms with Gasteiger partial charge in [-0.25, -0.2) is 0 Å². The third kappa shape index (κ3) is 4.59. The van der Waals surface area contributed by atoms with E-state index in [9.17, 15) is 4.79 Å². The number of pyridine rings is 1. The SMILES string of the molecule is COc1ccc2ncc(C(=O)N3CCN(CC(C)C)CC3)c(N3CCC4(CC3)OCCO4)c2c1. The molecule has 0 N–H and O–H groups in total. The Morgan fingerprint density at radius 2 is 1.79 bits per heavy atom. The predicted molar refractivity (Wildman–Crippen MR) is 132 cm³/mol. The predicted octanol–water partition coefficient (Wildman–Crippen LogP) is 3.00. The van der Waals surface area contributed by atoms with Gasteiger partial charge < -0.3 is 24.0 Å². The molecule has 3 saturated heterocycles. The normalized spacial score (nSPS) is 21.1. The summed E-state index contributed by atoms with van der Waals surface area (Å²) in [5.41, 5.74) is 2.48. The van der Waals surface area contributed by atoms with E-state index in [1.807, 2.05) is 23.1 Å². The molecule has 184 valence electrons. The average molecular weight is 469 g/mol. The fourth-order valence-electron chi connectivity index (χ4n) is 5.46. The van der Waals surface area contributed by atoms with Gasteiger partial charge in [0.25, 0.3) is 5.91 Å². The first-order chi connectivity index (χ1) is 16.5. The van der Waals surface area contributed by atoms with Gasteiger partial charge in [-0.2, -0.15) is 0 Å². The lowest BCUT2D eigenvalue weighted by molar-refractivity contribution is -0.169. The molecular weight excluding hydrogens is 432 g/mol. The minimum atomic E-state index is -0.464. The highest BCUT2D eigenvalue weighted by Crippen LogP contribution is 2.38. The summed E-state index contributed by atoms with van der Waals surface area (Å²) in [6.07, 6.45) is 3.32. The molecule has 0 aliphatic carbocycles. The zero-order valence-electron chi connectivity index (χ0n) is 20.6. The molecule has 1 aromatic carbocycles. The fraction of sp³-hybridized carbons (Fsp3) is 0.615. The number of fused-ring (bicyclic) bond motifs is 1. The highest BCUT2D eigenvalue weighted by molar-refractivity contribution is 6.07. The zero-order valence-corrected chi connectivity index (χ0v) is 20.6. The number of benzene rings is 1. The molecule has 3 aliphatic heterocycles. The number of piperidine rings is 1. The van der Waals surface area contributed by atoms with Gasteiger partial charge in [-0.15, -0.1) is 0 Å². The lowest BCUT2D eigenvalue weighted by Crippen LogP contribution is -2.50. The first-order valence-corrected chi connectivity index (χ1v) is 12.5. The summed E-state index contributed by atoms with van der Waals surface area (Å²) in [4.78, 5) is 25.2. The van der Waals surface area contributed by atoms with E-state index in [0.717, 1.165) is 81.0 Å². The molecule has 0 radical (unpaired) electrons. The number of rotatable bonds is 5. The number of hydrogen-bond acceptors (Lipinski definition) is 7. The molecule has 1 spiro atoms. The van der Waals surface area contributed by atoms with E-state index in [2.05, 4.69) is 28.6 Å². The van der Waals surface area contributed by atoms with Gasteiger partial charge in [0.05, 0.1) is 37.1 Å². The molecule has 0 saturated carbocycles. The van der Waals surface area contributed by atoms with Crippen molar-refractivity contribution in [3.05, 3.63) is 30.0 Å². The third-order valence-electron chi connectivity index (χ3n) is 7.21. The Bertz CT molecular complexity index is 1020. The largest absolute Gasteiger partial charge is 0.497 e. The summed E-state index contributed by atoms with van der Waals surface area (Å²) >= 11 is 0. The van der Waals surface area contributed by atoms with Crippen LogP contribution in [-0.2, 0) is 9.47 Å². The van der Waals surface area contributed by atoms with Crippen LogP contribution in [-0.4, -0.2) is 92.6 Å². The van der Waals surface area contributed by atoms with Crippen LogP contribution in [0.5, 0.6) is 5.75 Å². The standard InChI is InChI=1S/C26H36N4O4/c1-19(2)18-28-10-12-30(13-11-28)25(31)22-17-27-23-5-4-20(32-3)16-21(23)24(22)29-8-6-26(7-9-29)33-14-15-34-26/h4-5,16-17,19H,6-15,18H2,1-3H3. The van der Waals surface area contributed by atoms with Gasteiger partial charge in [-0.3, -0.25) is 14.7 Å². The molecule has 4 heterocycles. The van der Waals surface area contributed by atoms with Crippen molar-refractivity contribution in [1.29, 1.82) is 0 Å². The molecule has 1 aromatic heterocycles. The number of anilines is 1. The van der Waals surface area contributed by atoms with Crippen molar-refractivity contribution in [2.24, 2.45) is 5.92 Å². The second kappa shape index (κ2) is 9.68. The molecule has 0 atom stereocenters. The van der Waals surface area contributed by atoms with Crippen LogP contribution in [0.3, 0.4) is 0 Å². The maximum absolute atomic E-state index is 13.8. The summed E-state index contributed by atoms with van der Waals surface area (Å²) in [6, 6.07) is 5.88. The van der Waals surface area contributed by atoms with Gasteiger partial charge in [-0.1, -0.05) is 13.8 Å². The number of aromatic nitrogens is 1. The molecule has 8 nitrogen and oxygen atoms in total. The van der Waals surface area contributed by atoms with Crippen molar-refractivity contribution in [2.45, 2.75) is 32.5 Å². The molecule has 0 unspecified atom stereocenters. The van der Waals surface area contributed by atoms with Crippen molar-refractivity contribution in [3.63, 3.8) is 0 Å². The molecule has 1 amide bonds. The van der Waals surface area contributed by atoms with E-state index in [4.69, 9.17) is 14.2 Å². The van der Waals surface area contributed by atoms with Gasteiger partial charge >= 0.3 is 0 Å². The summed E-state index contributed by atoms with van der Waals surface area (Å²) in [6.45, 7) is 11.7. The smallest absolute Gasteiger partial charge is 0.257 e. The van der Waals surface area contributed by atoms with Crippen molar-refractivity contribution >= 4 is 22.5 Å². The van der Waals surface area contributed by atoms with Crippen molar-refractivity contribution < 1.29 is 19.0 Å². The lowest BCUT2D eigenvalue weighted by atomic mass is 9.99. The number of carbonyl (C=O) groups excluding carboxylic acids is 1. The van der Waals surface area contributed by atoms with Crippen molar-refractivity contribution in [3.8, 4) is 5.75 Å². The molecule has 3 fully saturated rings. The molecule has 0 bridgehead atoms. The minimum Gasteiger partial charge on any atom is -0.497 e. The Balaban J connectivity index is 1.45. The zero-order chi connectivity index (χ0) is 23.7. The minimum absolute atomic E-state index is 0.0602. The second-order valence-corrected chi connectivity index (χ2v) is 9.98. The number of nitrogens with zero attached hydrogens (tertiary/aromatic N) is 4. The summed E-state index contributed by atoms with van der Waals surface area (Å²) < 4.78 is 17.4. The summed E-state index contributed by atoms with van der Waals surface area (Å²) in [7, 11) is 1.67.